The molecule has 3 aliphatic heterocycles. The second-order valence-corrected chi connectivity index (χ2v) is 11.0. The zero-order chi connectivity index (χ0) is 25.9. The number of oxime groups is 1. The average Bonchev–Trinajstić information content (AvgIpc) is 3.26. The molecule has 2 fully saturated rings. The quantitative estimate of drug-likeness (QED) is 0.154. The van der Waals surface area contributed by atoms with E-state index in [2.05, 4.69) is 20.4 Å². The number of rotatable bonds is 5. The van der Waals surface area contributed by atoms with Crippen LogP contribution in [-0.4, -0.2) is 88.9 Å². The van der Waals surface area contributed by atoms with Gasteiger partial charge in [0.2, 0.25) is 5.91 Å². The standard InChI is InChI=1S/C18H18N8O7S3/c1-24-17-22-11(28)13(30)26(24)18(5-36-17)4-35-14-8(12(29)25(14)9(18)15(31)32)21-10(27)7(23-33-2)6-3-34-16(19)20-6/h3,8-9,14H,4-5H2,1-2H3,(H2,19,20)(H,21,27)(H,31,32)/b23-7-/t8-,9-,14-,18+/m1/s1. The van der Waals surface area contributed by atoms with Gasteiger partial charge in [-0.15, -0.1) is 23.1 Å². The van der Waals surface area contributed by atoms with E-state index in [-0.39, 0.29) is 33.2 Å². The van der Waals surface area contributed by atoms with Crippen LogP contribution in [0.2, 0.25) is 0 Å². The molecule has 1 spiro atoms. The van der Waals surface area contributed by atoms with Crippen LogP contribution in [0.4, 0.5) is 5.13 Å². The number of carbonyl (C=O) groups is 3. The van der Waals surface area contributed by atoms with Gasteiger partial charge in [0.1, 0.15) is 29.8 Å². The molecule has 4 N–H and O–H groups in total. The van der Waals surface area contributed by atoms with Crippen molar-refractivity contribution in [1.29, 1.82) is 0 Å². The van der Waals surface area contributed by atoms with Crippen LogP contribution in [0, 0.1) is 0 Å². The lowest BCUT2D eigenvalue weighted by atomic mass is 9.87. The zero-order valence-electron chi connectivity index (χ0n) is 18.6. The fourth-order valence-corrected chi connectivity index (χ4v) is 8.04. The molecule has 190 valence electrons. The van der Waals surface area contributed by atoms with Gasteiger partial charge in [0.15, 0.2) is 22.0 Å². The molecule has 0 saturated carbocycles. The highest BCUT2D eigenvalue weighted by Gasteiger charge is 2.65. The van der Waals surface area contributed by atoms with E-state index in [4.69, 9.17) is 10.6 Å². The first-order valence-electron chi connectivity index (χ1n) is 10.2. The Balaban J connectivity index is 1.46. The summed E-state index contributed by atoms with van der Waals surface area (Å²) >= 11 is 3.44. The first-order valence-corrected chi connectivity index (χ1v) is 13.2. The van der Waals surface area contributed by atoms with Crippen LogP contribution in [0.3, 0.4) is 0 Å². The number of nitrogens with two attached hydrogens (primary N) is 1. The van der Waals surface area contributed by atoms with Crippen LogP contribution < -0.4 is 22.2 Å². The summed E-state index contributed by atoms with van der Waals surface area (Å²) in [7, 11) is 2.75. The van der Waals surface area contributed by atoms with Gasteiger partial charge in [-0.25, -0.2) is 14.5 Å². The van der Waals surface area contributed by atoms with Gasteiger partial charge in [-0.2, -0.15) is 4.98 Å². The maximum absolute atomic E-state index is 13.2. The third-order valence-electron chi connectivity index (χ3n) is 6.08. The van der Waals surface area contributed by atoms with Crippen molar-refractivity contribution in [1.82, 2.24) is 29.5 Å². The number of aromatic nitrogens is 4. The van der Waals surface area contributed by atoms with Crippen LogP contribution in [0.25, 0.3) is 0 Å². The number of nitrogens with zero attached hydrogens (tertiary/aromatic N) is 6. The highest BCUT2D eigenvalue weighted by Crippen LogP contribution is 2.48. The molecule has 2 aromatic heterocycles. The Kier molecular flexibility index (Phi) is 5.83. The third-order valence-corrected chi connectivity index (χ3v) is 9.52. The minimum Gasteiger partial charge on any atom is -0.480 e. The lowest BCUT2D eigenvalue weighted by molar-refractivity contribution is -0.168. The molecule has 2 amide bonds. The van der Waals surface area contributed by atoms with Crippen LogP contribution in [0.1, 0.15) is 5.69 Å². The van der Waals surface area contributed by atoms with E-state index in [9.17, 15) is 29.1 Å². The van der Waals surface area contributed by atoms with Gasteiger partial charge in [-0.1, -0.05) is 16.9 Å². The Morgan fingerprint density at radius 1 is 1.31 bits per heavy atom. The molecule has 0 unspecified atom stereocenters. The molecule has 18 heteroatoms. The van der Waals surface area contributed by atoms with Gasteiger partial charge in [0.25, 0.3) is 5.91 Å². The number of thiazole rings is 1. The molecular weight excluding hydrogens is 536 g/mol. The summed E-state index contributed by atoms with van der Waals surface area (Å²) in [5.41, 5.74) is 2.23. The summed E-state index contributed by atoms with van der Waals surface area (Å²) in [6.45, 7) is 0. The number of hydrogen-bond donors (Lipinski definition) is 3. The van der Waals surface area contributed by atoms with Gasteiger partial charge in [-0.05, 0) is 0 Å². The summed E-state index contributed by atoms with van der Waals surface area (Å²) in [5.74, 6) is -2.53. The van der Waals surface area contributed by atoms with Gasteiger partial charge >= 0.3 is 17.1 Å². The van der Waals surface area contributed by atoms with Crippen molar-refractivity contribution in [2.75, 3.05) is 24.3 Å². The molecule has 2 aromatic rings. The van der Waals surface area contributed by atoms with Crippen molar-refractivity contribution in [3.63, 3.8) is 0 Å². The second-order valence-electron chi connectivity index (χ2n) is 8.06. The molecule has 5 rings (SSSR count). The number of carboxylic acids is 1. The van der Waals surface area contributed by atoms with Crippen LogP contribution in [0.5, 0.6) is 0 Å². The summed E-state index contributed by atoms with van der Waals surface area (Å²) in [6.07, 6.45) is 0. The van der Waals surface area contributed by atoms with Gasteiger partial charge < -0.3 is 25.9 Å². The maximum Gasteiger partial charge on any atom is 0.339 e. The van der Waals surface area contributed by atoms with Crippen molar-refractivity contribution in [3.8, 4) is 0 Å². The molecule has 0 aliphatic carbocycles. The molecule has 0 aromatic carbocycles. The smallest absolute Gasteiger partial charge is 0.339 e. The molecule has 2 saturated heterocycles. The van der Waals surface area contributed by atoms with E-state index >= 15 is 0 Å². The summed E-state index contributed by atoms with van der Waals surface area (Å²) < 4.78 is 2.46. The van der Waals surface area contributed by atoms with Crippen molar-refractivity contribution in [3.05, 3.63) is 31.8 Å². The number of aliphatic carboxylic acids is 1. The monoisotopic (exact) mass is 554 g/mol. The SMILES string of the molecule is CO/N=C(\C(=O)N[C@@H]1C(=O)N2[C@@H]1SC[C@]1(CSc3nc(=O)c(=O)n1n3C)[C@H]2C(=O)O)c1csc(N)n1. The summed E-state index contributed by atoms with van der Waals surface area (Å²) in [6, 6.07) is -2.51. The van der Waals surface area contributed by atoms with E-state index in [1.807, 2.05) is 0 Å². The number of thioether (sulfide) groups is 2. The number of anilines is 1. The largest absolute Gasteiger partial charge is 0.480 e. The molecule has 3 aliphatic rings. The Morgan fingerprint density at radius 2 is 2.06 bits per heavy atom. The predicted molar refractivity (Wildman–Crippen MR) is 129 cm³/mol. The van der Waals surface area contributed by atoms with E-state index in [0.717, 1.165) is 32.7 Å². The Morgan fingerprint density at radius 3 is 2.69 bits per heavy atom. The Hall–Kier alpha value is -3.38. The first kappa shape index (κ1) is 24.3. The Labute approximate surface area is 213 Å². The number of carboxylic acid groups (broad SMARTS) is 1. The first-order chi connectivity index (χ1) is 17.1. The number of β-lactam (4-membered cyclic amide) rings is 1. The number of carbonyl (C=O) groups excluding carboxylic acids is 2. The number of fused-ring (bicyclic) bond motifs is 4. The fourth-order valence-electron chi connectivity index (χ4n) is 4.58. The van der Waals surface area contributed by atoms with E-state index < -0.39 is 51.9 Å². The van der Waals surface area contributed by atoms with Crippen LogP contribution >= 0.6 is 34.9 Å². The lowest BCUT2D eigenvalue weighted by Crippen LogP contribution is -2.81. The lowest BCUT2D eigenvalue weighted by Gasteiger charge is -2.59. The topological polar surface area (TPSA) is 204 Å². The Bertz CT molecular complexity index is 1450. The molecule has 2 bridgehead atoms. The zero-order valence-corrected chi connectivity index (χ0v) is 21.1. The van der Waals surface area contributed by atoms with Crippen LogP contribution in [0.15, 0.2) is 25.3 Å². The van der Waals surface area contributed by atoms with Crippen LogP contribution in [-0.2, 0) is 31.8 Å². The van der Waals surface area contributed by atoms with Crippen molar-refractivity contribution in [2.24, 2.45) is 12.2 Å². The maximum atomic E-state index is 13.2. The summed E-state index contributed by atoms with van der Waals surface area (Å²) in [5, 5.41) is 17.7. The molecule has 0 radical (unpaired) electrons. The van der Waals surface area contributed by atoms with Gasteiger partial charge in [0.05, 0.1) is 0 Å². The van der Waals surface area contributed by atoms with Crippen molar-refractivity contribution < 1.29 is 24.3 Å². The molecule has 15 nitrogen and oxygen atoms in total. The number of nitrogen functional groups attached to an aromatic ring is 1. The van der Waals surface area contributed by atoms with Crippen molar-refractivity contribution >= 4 is 63.5 Å². The third kappa shape index (κ3) is 3.42. The highest BCUT2D eigenvalue weighted by atomic mass is 32.2. The van der Waals surface area contributed by atoms with E-state index in [1.54, 1.807) is 0 Å². The minimum absolute atomic E-state index is 0.0933. The molecule has 5 heterocycles. The van der Waals surface area contributed by atoms with E-state index in [1.165, 1.54) is 36.0 Å². The van der Waals surface area contributed by atoms with E-state index in [0.29, 0.717) is 0 Å². The molecule has 36 heavy (non-hydrogen) atoms. The fraction of sp³-hybridized carbons (Fsp3) is 0.444. The minimum atomic E-state index is -1.46. The number of nitrogens with one attached hydrogen (secondary N) is 1. The molecular formula is C18H18N8O7S3. The van der Waals surface area contributed by atoms with Crippen molar-refractivity contribution in [2.45, 2.75) is 28.2 Å². The summed E-state index contributed by atoms with van der Waals surface area (Å²) in [4.78, 5) is 77.2. The second kappa shape index (κ2) is 8.63. The number of amides is 2. The average molecular weight is 555 g/mol. The van der Waals surface area contributed by atoms with Gasteiger partial charge in [0, 0.05) is 23.9 Å². The highest BCUT2D eigenvalue weighted by molar-refractivity contribution is 8.00. The normalized spacial score (nSPS) is 26.8. The van der Waals surface area contributed by atoms with Gasteiger partial charge in [-0.3, -0.25) is 23.9 Å². The molecule has 4 atom stereocenters. The number of hydrogen-bond acceptors (Lipinski definition) is 13. The predicted octanol–water partition coefficient (Wildman–Crippen LogP) is -2.31.